The first-order chi connectivity index (χ1) is 14.7. The van der Waals surface area contributed by atoms with Gasteiger partial charge in [0, 0.05) is 30.9 Å². The van der Waals surface area contributed by atoms with Crippen molar-refractivity contribution in [2.24, 2.45) is 5.92 Å². The molecule has 1 saturated heterocycles. The maximum atomic E-state index is 13.0. The van der Waals surface area contributed by atoms with Gasteiger partial charge in [0.05, 0.1) is 6.54 Å². The highest BCUT2D eigenvalue weighted by Gasteiger charge is 2.31. The number of hydrogen-bond donors (Lipinski definition) is 0. The fourth-order valence-corrected chi connectivity index (χ4v) is 5.17. The third-order valence-electron chi connectivity index (χ3n) is 6.85. The lowest BCUT2D eigenvalue weighted by atomic mass is 9.96. The normalized spacial score (nSPS) is 19.7. The van der Waals surface area contributed by atoms with Gasteiger partial charge in [0.15, 0.2) is 0 Å². The third kappa shape index (κ3) is 3.74. The van der Waals surface area contributed by atoms with Gasteiger partial charge >= 0.3 is 0 Å². The molecule has 2 amide bonds. The Morgan fingerprint density at radius 1 is 0.933 bits per heavy atom. The van der Waals surface area contributed by atoms with E-state index in [-0.39, 0.29) is 11.8 Å². The predicted molar refractivity (Wildman–Crippen MR) is 117 cm³/mol. The number of carbonyl (C=O) groups excluding carboxylic acids is 2. The van der Waals surface area contributed by atoms with Crippen molar-refractivity contribution in [2.45, 2.75) is 32.2 Å². The maximum absolute atomic E-state index is 13.0. The average Bonchev–Trinajstić information content (AvgIpc) is 3.10. The molecule has 0 aliphatic carbocycles. The fourth-order valence-electron chi connectivity index (χ4n) is 5.17. The van der Waals surface area contributed by atoms with Gasteiger partial charge in [-0.2, -0.15) is 0 Å². The zero-order valence-corrected chi connectivity index (χ0v) is 17.4. The topological polar surface area (TPSA) is 43.9 Å². The summed E-state index contributed by atoms with van der Waals surface area (Å²) in [6, 6.07) is 16.2. The van der Waals surface area contributed by atoms with Crippen molar-refractivity contribution in [1.29, 1.82) is 0 Å². The van der Waals surface area contributed by atoms with E-state index in [4.69, 9.17) is 0 Å². The summed E-state index contributed by atoms with van der Waals surface area (Å²) < 4.78 is 0. The summed E-state index contributed by atoms with van der Waals surface area (Å²) in [4.78, 5) is 31.9. The van der Waals surface area contributed by atoms with Crippen LogP contribution in [0.4, 0.5) is 5.69 Å². The SMILES string of the molecule is O=C1c2ccccc2CN1CC1CCN(CC(=O)N2CCCc3ccccc32)CC1. The van der Waals surface area contributed by atoms with Gasteiger partial charge in [-0.25, -0.2) is 0 Å². The first-order valence-corrected chi connectivity index (χ1v) is 11.2. The van der Waals surface area contributed by atoms with Crippen LogP contribution < -0.4 is 4.90 Å². The Labute approximate surface area is 178 Å². The summed E-state index contributed by atoms with van der Waals surface area (Å²) in [7, 11) is 0. The second kappa shape index (κ2) is 8.23. The highest BCUT2D eigenvalue weighted by atomic mass is 16.2. The van der Waals surface area contributed by atoms with E-state index in [1.54, 1.807) is 0 Å². The second-order valence-electron chi connectivity index (χ2n) is 8.84. The Hall–Kier alpha value is -2.66. The molecule has 2 aromatic rings. The molecule has 5 nitrogen and oxygen atoms in total. The minimum absolute atomic E-state index is 0.173. The van der Waals surface area contributed by atoms with Gasteiger partial charge in [0.25, 0.3) is 5.91 Å². The number of carbonyl (C=O) groups is 2. The van der Waals surface area contributed by atoms with E-state index in [9.17, 15) is 9.59 Å². The molecule has 0 bridgehead atoms. The van der Waals surface area contributed by atoms with E-state index >= 15 is 0 Å². The predicted octanol–water partition coefficient (Wildman–Crippen LogP) is 3.33. The zero-order chi connectivity index (χ0) is 20.5. The van der Waals surface area contributed by atoms with Crippen LogP contribution >= 0.6 is 0 Å². The molecule has 156 valence electrons. The number of benzene rings is 2. The summed E-state index contributed by atoms with van der Waals surface area (Å²) >= 11 is 0. The molecule has 30 heavy (non-hydrogen) atoms. The van der Waals surface area contributed by atoms with Crippen LogP contribution in [0.5, 0.6) is 0 Å². The van der Waals surface area contributed by atoms with Gasteiger partial charge in [0.2, 0.25) is 5.91 Å². The summed E-state index contributed by atoms with van der Waals surface area (Å²) in [5, 5.41) is 0. The number of amides is 2. The van der Waals surface area contributed by atoms with Gasteiger partial charge in [0.1, 0.15) is 0 Å². The zero-order valence-electron chi connectivity index (χ0n) is 17.4. The molecule has 5 rings (SSSR count). The molecule has 1 fully saturated rings. The van der Waals surface area contributed by atoms with Crippen LogP contribution in [0.2, 0.25) is 0 Å². The van der Waals surface area contributed by atoms with Gasteiger partial charge in [-0.05, 0) is 68.0 Å². The van der Waals surface area contributed by atoms with Crippen LogP contribution in [0.25, 0.3) is 0 Å². The molecule has 3 aliphatic heterocycles. The number of nitrogens with zero attached hydrogens (tertiary/aromatic N) is 3. The van der Waals surface area contributed by atoms with Gasteiger partial charge in [-0.3, -0.25) is 14.5 Å². The summed E-state index contributed by atoms with van der Waals surface area (Å²) in [6.07, 6.45) is 4.19. The highest BCUT2D eigenvalue weighted by Crippen LogP contribution is 2.28. The molecule has 0 aromatic heterocycles. The lowest BCUT2D eigenvalue weighted by Crippen LogP contribution is -2.46. The van der Waals surface area contributed by atoms with Crippen LogP contribution in [0, 0.1) is 5.92 Å². The van der Waals surface area contributed by atoms with Crippen molar-refractivity contribution in [3.05, 3.63) is 65.2 Å². The number of para-hydroxylation sites is 1. The minimum atomic E-state index is 0.173. The van der Waals surface area contributed by atoms with E-state index in [1.165, 1.54) is 5.56 Å². The Morgan fingerprint density at radius 2 is 1.67 bits per heavy atom. The average molecular weight is 404 g/mol. The molecule has 0 saturated carbocycles. The molecule has 0 radical (unpaired) electrons. The maximum Gasteiger partial charge on any atom is 0.254 e. The molecular weight excluding hydrogens is 374 g/mol. The molecule has 3 aliphatic rings. The number of piperidine rings is 1. The lowest BCUT2D eigenvalue weighted by Gasteiger charge is -2.35. The van der Waals surface area contributed by atoms with Crippen LogP contribution in [-0.2, 0) is 17.8 Å². The van der Waals surface area contributed by atoms with E-state index in [0.717, 1.165) is 75.2 Å². The first kappa shape index (κ1) is 19.3. The van der Waals surface area contributed by atoms with Crippen LogP contribution in [0.15, 0.2) is 48.5 Å². The Bertz CT molecular complexity index is 949. The van der Waals surface area contributed by atoms with Crippen molar-refractivity contribution in [2.75, 3.05) is 37.6 Å². The second-order valence-corrected chi connectivity index (χ2v) is 8.84. The number of anilines is 1. The Morgan fingerprint density at radius 3 is 2.47 bits per heavy atom. The van der Waals surface area contributed by atoms with E-state index < -0.39 is 0 Å². The van der Waals surface area contributed by atoms with Crippen molar-refractivity contribution in [3.63, 3.8) is 0 Å². The molecule has 0 atom stereocenters. The fraction of sp³-hybridized carbons (Fsp3) is 0.440. The molecule has 2 aromatic carbocycles. The van der Waals surface area contributed by atoms with Crippen LogP contribution in [0.1, 0.15) is 40.7 Å². The summed E-state index contributed by atoms with van der Waals surface area (Å²) in [5.74, 6) is 0.906. The van der Waals surface area contributed by atoms with Crippen LogP contribution in [0.3, 0.4) is 0 Å². The minimum Gasteiger partial charge on any atom is -0.334 e. The van der Waals surface area contributed by atoms with Gasteiger partial charge in [-0.15, -0.1) is 0 Å². The van der Waals surface area contributed by atoms with E-state index in [1.807, 2.05) is 34.1 Å². The molecule has 3 heterocycles. The number of aryl methyl sites for hydroxylation is 1. The monoisotopic (exact) mass is 403 g/mol. The summed E-state index contributed by atoms with van der Waals surface area (Å²) in [6.45, 7) is 4.75. The van der Waals surface area contributed by atoms with Crippen molar-refractivity contribution >= 4 is 17.5 Å². The number of hydrogen-bond acceptors (Lipinski definition) is 3. The van der Waals surface area contributed by atoms with Crippen molar-refractivity contribution in [3.8, 4) is 0 Å². The largest absolute Gasteiger partial charge is 0.334 e. The smallest absolute Gasteiger partial charge is 0.254 e. The molecule has 0 spiro atoms. The van der Waals surface area contributed by atoms with Gasteiger partial charge in [-0.1, -0.05) is 36.4 Å². The quantitative estimate of drug-likeness (QED) is 0.787. The van der Waals surface area contributed by atoms with E-state index in [2.05, 4.69) is 29.2 Å². The third-order valence-corrected chi connectivity index (χ3v) is 6.85. The molecule has 0 unspecified atom stereocenters. The number of rotatable bonds is 4. The lowest BCUT2D eigenvalue weighted by molar-refractivity contribution is -0.120. The Balaban J connectivity index is 1.13. The standard InChI is InChI=1S/C25H29N3O2/c29-24(28-13-5-8-20-6-2-4-10-23(20)28)18-26-14-11-19(12-15-26)16-27-17-21-7-1-3-9-22(21)25(27)30/h1-4,6-7,9-10,19H,5,8,11-18H2. The van der Waals surface area contributed by atoms with Crippen LogP contribution in [-0.4, -0.2) is 54.3 Å². The highest BCUT2D eigenvalue weighted by molar-refractivity contribution is 5.98. The van der Waals surface area contributed by atoms with Crippen molar-refractivity contribution < 1.29 is 9.59 Å². The molecular formula is C25H29N3O2. The Kier molecular flexibility index (Phi) is 5.30. The number of likely N-dealkylation sites (tertiary alicyclic amines) is 1. The first-order valence-electron chi connectivity index (χ1n) is 11.2. The van der Waals surface area contributed by atoms with E-state index in [0.29, 0.717) is 12.5 Å². The molecule has 5 heteroatoms. The van der Waals surface area contributed by atoms with Gasteiger partial charge < -0.3 is 9.80 Å². The number of fused-ring (bicyclic) bond motifs is 2. The van der Waals surface area contributed by atoms with Crippen molar-refractivity contribution in [1.82, 2.24) is 9.80 Å². The molecule has 0 N–H and O–H groups in total. The summed E-state index contributed by atoms with van der Waals surface area (Å²) in [5.41, 5.74) is 4.39.